The Bertz CT molecular complexity index is 643. The van der Waals surface area contributed by atoms with Crippen LogP contribution in [0.2, 0.25) is 0 Å². The Hall–Kier alpha value is -1.53. The Labute approximate surface area is 93.5 Å². The minimum atomic E-state index is -3.71. The van der Waals surface area contributed by atoms with E-state index in [1.54, 1.807) is 29.8 Å². The van der Waals surface area contributed by atoms with Crippen LogP contribution >= 0.6 is 0 Å². The molecule has 0 spiro atoms. The molecule has 0 radical (unpaired) electrons. The van der Waals surface area contributed by atoms with Gasteiger partial charge in [0, 0.05) is 24.1 Å². The van der Waals surface area contributed by atoms with Crippen molar-refractivity contribution in [3.8, 4) is 5.75 Å². The summed E-state index contributed by atoms with van der Waals surface area (Å²) in [6.07, 6.45) is 1.50. The number of ether oxygens (including phenoxy) is 1. The van der Waals surface area contributed by atoms with Crippen LogP contribution in [0.15, 0.2) is 29.3 Å². The van der Waals surface area contributed by atoms with Gasteiger partial charge in [0.25, 0.3) is 0 Å². The zero-order valence-corrected chi connectivity index (χ0v) is 9.78. The number of benzene rings is 1. The van der Waals surface area contributed by atoms with E-state index in [0.717, 1.165) is 5.52 Å². The predicted octanol–water partition coefficient (Wildman–Crippen LogP) is 0.834. The van der Waals surface area contributed by atoms with Crippen LogP contribution in [-0.2, 0) is 17.1 Å². The Morgan fingerprint density at radius 1 is 1.38 bits per heavy atom. The number of sulfonamides is 1. The molecule has 2 rings (SSSR count). The van der Waals surface area contributed by atoms with E-state index in [4.69, 9.17) is 9.88 Å². The van der Waals surface area contributed by atoms with Crippen LogP contribution in [0.5, 0.6) is 5.75 Å². The number of primary sulfonamides is 1. The second kappa shape index (κ2) is 3.50. The number of nitrogens with two attached hydrogens (primary N) is 1. The first kappa shape index (κ1) is 11.0. The van der Waals surface area contributed by atoms with E-state index in [2.05, 4.69) is 0 Å². The Balaban J connectivity index is 2.86. The van der Waals surface area contributed by atoms with Crippen LogP contribution in [0.1, 0.15) is 0 Å². The number of nitrogens with zero attached hydrogens (tertiary/aromatic N) is 1. The molecule has 0 aliphatic heterocycles. The molecular formula is C10H12N2O3S. The lowest BCUT2D eigenvalue weighted by Crippen LogP contribution is -2.11. The van der Waals surface area contributed by atoms with Gasteiger partial charge < -0.3 is 9.30 Å². The SMILES string of the molecule is COc1ccc2c(c1)c(S(N)(=O)=O)cn2C. The first-order valence-electron chi connectivity index (χ1n) is 4.59. The van der Waals surface area contributed by atoms with Gasteiger partial charge in [0.1, 0.15) is 10.6 Å². The van der Waals surface area contributed by atoms with E-state index in [9.17, 15) is 8.42 Å². The Morgan fingerprint density at radius 3 is 2.62 bits per heavy atom. The third-order valence-corrected chi connectivity index (χ3v) is 3.40. The van der Waals surface area contributed by atoms with E-state index < -0.39 is 10.0 Å². The molecular weight excluding hydrogens is 228 g/mol. The average molecular weight is 240 g/mol. The molecule has 0 fully saturated rings. The lowest BCUT2D eigenvalue weighted by molar-refractivity contribution is 0.415. The van der Waals surface area contributed by atoms with E-state index >= 15 is 0 Å². The highest BCUT2D eigenvalue weighted by atomic mass is 32.2. The number of fused-ring (bicyclic) bond motifs is 1. The molecule has 0 bridgehead atoms. The quantitative estimate of drug-likeness (QED) is 0.845. The molecule has 0 amide bonds. The van der Waals surface area contributed by atoms with Crippen molar-refractivity contribution in [1.82, 2.24) is 4.57 Å². The number of rotatable bonds is 2. The third kappa shape index (κ3) is 1.66. The summed E-state index contributed by atoms with van der Waals surface area (Å²) in [7, 11) is -0.414. The highest BCUT2D eigenvalue weighted by molar-refractivity contribution is 7.89. The summed E-state index contributed by atoms with van der Waals surface area (Å²) in [4.78, 5) is 0.115. The normalized spacial score (nSPS) is 11.9. The molecule has 2 N–H and O–H groups in total. The van der Waals surface area contributed by atoms with Crippen molar-refractivity contribution in [3.63, 3.8) is 0 Å². The van der Waals surface area contributed by atoms with Gasteiger partial charge in [-0.05, 0) is 18.2 Å². The Kier molecular flexibility index (Phi) is 2.40. The molecule has 1 aromatic carbocycles. The van der Waals surface area contributed by atoms with Crippen molar-refractivity contribution in [2.75, 3.05) is 7.11 Å². The standard InChI is InChI=1S/C10H12N2O3S/c1-12-6-10(16(11,13)14)8-5-7(15-2)3-4-9(8)12/h3-6H,1-2H3,(H2,11,13,14). The summed E-state index contributed by atoms with van der Waals surface area (Å²) in [6.45, 7) is 0. The molecule has 5 nitrogen and oxygen atoms in total. The number of aromatic nitrogens is 1. The van der Waals surface area contributed by atoms with Crippen molar-refractivity contribution >= 4 is 20.9 Å². The molecule has 0 saturated carbocycles. The van der Waals surface area contributed by atoms with Gasteiger partial charge in [-0.1, -0.05) is 0 Å². The van der Waals surface area contributed by atoms with Crippen LogP contribution in [-0.4, -0.2) is 20.1 Å². The molecule has 0 unspecified atom stereocenters. The van der Waals surface area contributed by atoms with Gasteiger partial charge in [-0.15, -0.1) is 0 Å². The van der Waals surface area contributed by atoms with Gasteiger partial charge in [-0.25, -0.2) is 13.6 Å². The summed E-state index contributed by atoms with van der Waals surface area (Å²) in [5.41, 5.74) is 0.796. The summed E-state index contributed by atoms with van der Waals surface area (Å²) in [5, 5.41) is 5.72. The molecule has 1 aromatic heterocycles. The second-order valence-electron chi connectivity index (χ2n) is 3.53. The maximum Gasteiger partial charge on any atom is 0.240 e. The number of aryl methyl sites for hydroxylation is 1. The molecule has 0 saturated heterocycles. The summed E-state index contributed by atoms with van der Waals surface area (Å²) < 4.78 is 29.5. The van der Waals surface area contributed by atoms with Crippen LogP contribution in [0.25, 0.3) is 10.9 Å². The van der Waals surface area contributed by atoms with Crippen molar-refractivity contribution in [2.24, 2.45) is 12.2 Å². The van der Waals surface area contributed by atoms with Gasteiger partial charge in [0.2, 0.25) is 10.0 Å². The minimum absolute atomic E-state index is 0.115. The maximum absolute atomic E-state index is 11.4. The lowest BCUT2D eigenvalue weighted by Gasteiger charge is -2.01. The summed E-state index contributed by atoms with van der Waals surface area (Å²) in [6, 6.07) is 5.23. The molecule has 0 atom stereocenters. The maximum atomic E-state index is 11.4. The van der Waals surface area contributed by atoms with E-state index in [0.29, 0.717) is 11.1 Å². The fourth-order valence-corrected chi connectivity index (χ4v) is 2.46. The molecule has 0 aliphatic rings. The zero-order valence-electron chi connectivity index (χ0n) is 8.97. The van der Waals surface area contributed by atoms with Gasteiger partial charge >= 0.3 is 0 Å². The molecule has 16 heavy (non-hydrogen) atoms. The molecule has 86 valence electrons. The zero-order chi connectivity index (χ0) is 11.9. The highest BCUT2D eigenvalue weighted by Crippen LogP contribution is 2.27. The van der Waals surface area contributed by atoms with Crippen molar-refractivity contribution < 1.29 is 13.2 Å². The predicted molar refractivity (Wildman–Crippen MR) is 60.8 cm³/mol. The average Bonchev–Trinajstić information content (AvgIpc) is 2.55. The largest absolute Gasteiger partial charge is 0.497 e. The van der Waals surface area contributed by atoms with Gasteiger partial charge in [-0.3, -0.25) is 0 Å². The number of methoxy groups -OCH3 is 1. The van der Waals surface area contributed by atoms with Crippen LogP contribution in [0.3, 0.4) is 0 Å². The van der Waals surface area contributed by atoms with Gasteiger partial charge in [0.05, 0.1) is 7.11 Å². The molecule has 1 heterocycles. The van der Waals surface area contributed by atoms with Crippen LogP contribution in [0, 0.1) is 0 Å². The molecule has 2 aromatic rings. The van der Waals surface area contributed by atoms with Gasteiger partial charge in [-0.2, -0.15) is 0 Å². The first-order valence-corrected chi connectivity index (χ1v) is 6.14. The number of hydrogen-bond acceptors (Lipinski definition) is 3. The second-order valence-corrected chi connectivity index (χ2v) is 5.06. The molecule has 0 aliphatic carbocycles. The van der Waals surface area contributed by atoms with E-state index in [-0.39, 0.29) is 4.90 Å². The van der Waals surface area contributed by atoms with Crippen molar-refractivity contribution in [3.05, 3.63) is 24.4 Å². The third-order valence-electron chi connectivity index (χ3n) is 2.47. The van der Waals surface area contributed by atoms with E-state index in [1.807, 2.05) is 0 Å². The Morgan fingerprint density at radius 2 is 2.06 bits per heavy atom. The fraction of sp³-hybridized carbons (Fsp3) is 0.200. The first-order chi connectivity index (χ1) is 7.43. The van der Waals surface area contributed by atoms with E-state index in [1.165, 1.54) is 13.3 Å². The van der Waals surface area contributed by atoms with Crippen LogP contribution < -0.4 is 9.88 Å². The van der Waals surface area contributed by atoms with Gasteiger partial charge in [0.15, 0.2) is 0 Å². The minimum Gasteiger partial charge on any atom is -0.497 e. The lowest BCUT2D eigenvalue weighted by atomic mass is 10.2. The van der Waals surface area contributed by atoms with Crippen LogP contribution in [0.4, 0.5) is 0 Å². The summed E-state index contributed by atoms with van der Waals surface area (Å²) in [5.74, 6) is 0.601. The number of hydrogen-bond donors (Lipinski definition) is 1. The van der Waals surface area contributed by atoms with Crippen molar-refractivity contribution in [1.29, 1.82) is 0 Å². The highest BCUT2D eigenvalue weighted by Gasteiger charge is 2.16. The fourth-order valence-electron chi connectivity index (χ4n) is 1.69. The molecule has 6 heteroatoms. The topological polar surface area (TPSA) is 74.3 Å². The monoisotopic (exact) mass is 240 g/mol. The van der Waals surface area contributed by atoms with Crippen molar-refractivity contribution in [2.45, 2.75) is 4.90 Å². The summed E-state index contributed by atoms with van der Waals surface area (Å²) >= 11 is 0. The smallest absolute Gasteiger partial charge is 0.240 e.